The second-order valence-corrected chi connectivity index (χ2v) is 13.0. The number of carbonyl (C=O) groups is 1. The van der Waals surface area contributed by atoms with E-state index in [2.05, 4.69) is 46.0 Å². The lowest BCUT2D eigenvalue weighted by Crippen LogP contribution is -2.25. The van der Waals surface area contributed by atoms with Gasteiger partial charge in [-0.3, -0.25) is 4.79 Å². The van der Waals surface area contributed by atoms with E-state index in [0.717, 1.165) is 55.0 Å². The number of benzene rings is 2. The number of amides is 1. The van der Waals surface area contributed by atoms with Crippen molar-refractivity contribution in [2.75, 3.05) is 13.2 Å². The second kappa shape index (κ2) is 10.6. The largest absolute Gasteiger partial charge is 0.381 e. The summed E-state index contributed by atoms with van der Waals surface area (Å²) < 4.78 is 36.9. The van der Waals surface area contributed by atoms with Gasteiger partial charge in [0.2, 0.25) is 15.9 Å². The number of primary amides is 1. The predicted octanol–water partition coefficient (Wildman–Crippen LogP) is 4.03. The van der Waals surface area contributed by atoms with Crippen molar-refractivity contribution < 1.29 is 17.9 Å². The number of fused-ring (bicyclic) bond motifs is 1. The van der Waals surface area contributed by atoms with Gasteiger partial charge < -0.3 is 15.0 Å². The molecule has 2 aromatic carbocycles. The molecule has 0 spiro atoms. The summed E-state index contributed by atoms with van der Waals surface area (Å²) in [6, 6.07) is 10.5. The molecule has 3 aromatic rings. The summed E-state index contributed by atoms with van der Waals surface area (Å²) >= 11 is 3.33. The van der Waals surface area contributed by atoms with Gasteiger partial charge >= 0.3 is 0 Å². The molecular weight excluding hydrogens is 544 g/mol. The average molecular weight is 578 g/mol. The Bertz CT molecular complexity index is 1370. The van der Waals surface area contributed by atoms with Crippen LogP contribution in [0.4, 0.5) is 0 Å². The second-order valence-electron chi connectivity index (χ2n) is 10.4. The van der Waals surface area contributed by atoms with Gasteiger partial charge in [0.15, 0.2) is 0 Å². The number of nitrogens with one attached hydrogen (secondary N) is 1. The molecule has 1 aromatic heterocycles. The van der Waals surface area contributed by atoms with Gasteiger partial charge in [-0.2, -0.15) is 0 Å². The lowest BCUT2D eigenvalue weighted by atomic mass is 9.94. The van der Waals surface area contributed by atoms with Crippen LogP contribution in [-0.4, -0.2) is 37.1 Å². The zero-order valence-corrected chi connectivity index (χ0v) is 23.3. The van der Waals surface area contributed by atoms with Gasteiger partial charge in [0.25, 0.3) is 0 Å². The fourth-order valence-electron chi connectivity index (χ4n) is 4.52. The molecule has 1 aliphatic rings. The fraction of sp³-hybridized carbons (Fsp3) is 0.462. The van der Waals surface area contributed by atoms with E-state index < -0.39 is 15.9 Å². The molecule has 4 rings (SSSR count). The summed E-state index contributed by atoms with van der Waals surface area (Å²) in [6.45, 7) is 9.13. The zero-order chi connectivity index (χ0) is 26.1. The van der Waals surface area contributed by atoms with E-state index in [1.807, 2.05) is 18.2 Å². The Kier molecular flexibility index (Phi) is 7.89. The van der Waals surface area contributed by atoms with Crippen LogP contribution in [0, 0.1) is 5.92 Å². The van der Waals surface area contributed by atoms with Crippen LogP contribution < -0.4 is 10.5 Å². The van der Waals surface area contributed by atoms with Crippen molar-refractivity contribution in [1.29, 1.82) is 0 Å². The number of aromatic nitrogens is 2. The molecule has 1 saturated heterocycles. The number of carbonyl (C=O) groups excluding carboxylic acids is 1. The quantitative estimate of drug-likeness (QED) is 0.420. The lowest BCUT2D eigenvalue weighted by Gasteiger charge is -2.26. The molecule has 0 radical (unpaired) electrons. The van der Waals surface area contributed by atoms with E-state index >= 15 is 0 Å². The number of sulfonamides is 1. The van der Waals surface area contributed by atoms with E-state index in [1.54, 1.807) is 6.07 Å². The number of halogens is 1. The minimum Gasteiger partial charge on any atom is -0.381 e. The first-order valence-corrected chi connectivity index (χ1v) is 14.4. The number of imidazole rings is 1. The van der Waals surface area contributed by atoms with Crippen molar-refractivity contribution >= 4 is 42.9 Å². The molecular formula is C26H33BrN4O4S. The summed E-state index contributed by atoms with van der Waals surface area (Å²) in [4.78, 5) is 16.3. The summed E-state index contributed by atoms with van der Waals surface area (Å²) in [6.07, 6.45) is 2.12. The highest BCUT2D eigenvalue weighted by Gasteiger charge is 2.25. The number of ether oxygens (including phenoxy) is 1. The fourth-order valence-corrected chi connectivity index (χ4v) is 6.23. The van der Waals surface area contributed by atoms with E-state index in [9.17, 15) is 13.2 Å². The maximum absolute atomic E-state index is 12.9. The highest BCUT2D eigenvalue weighted by molar-refractivity contribution is 9.10. The van der Waals surface area contributed by atoms with Gasteiger partial charge in [0.1, 0.15) is 5.82 Å². The Balaban J connectivity index is 1.55. The molecule has 3 N–H and O–H groups in total. The van der Waals surface area contributed by atoms with Crippen molar-refractivity contribution in [3.05, 3.63) is 57.8 Å². The van der Waals surface area contributed by atoms with Crippen molar-refractivity contribution in [3.63, 3.8) is 0 Å². The summed E-state index contributed by atoms with van der Waals surface area (Å²) in [7, 11) is -3.76. The molecule has 0 saturated carbocycles. The first-order valence-electron chi connectivity index (χ1n) is 12.1. The third kappa shape index (κ3) is 6.16. The molecule has 0 bridgehead atoms. The number of hydrogen-bond donors (Lipinski definition) is 2. The van der Waals surface area contributed by atoms with Crippen LogP contribution in [-0.2, 0) is 44.5 Å². The number of hydrogen-bond acceptors (Lipinski definition) is 5. The topological polar surface area (TPSA) is 116 Å². The third-order valence-corrected chi connectivity index (χ3v) is 8.57. The van der Waals surface area contributed by atoms with Gasteiger partial charge in [0, 0.05) is 36.2 Å². The number of nitrogens with two attached hydrogens (primary N) is 1. The van der Waals surface area contributed by atoms with Crippen LogP contribution in [0.25, 0.3) is 11.0 Å². The van der Waals surface area contributed by atoms with E-state index in [1.165, 1.54) is 12.1 Å². The molecule has 0 atom stereocenters. The Morgan fingerprint density at radius 2 is 1.92 bits per heavy atom. The summed E-state index contributed by atoms with van der Waals surface area (Å²) in [5.74, 6) is 1.10. The molecule has 2 heterocycles. The van der Waals surface area contributed by atoms with Gasteiger partial charge in [-0.05, 0) is 54.2 Å². The normalized spacial score (nSPS) is 15.4. The Hall–Kier alpha value is -2.27. The van der Waals surface area contributed by atoms with E-state index in [-0.39, 0.29) is 23.3 Å². The van der Waals surface area contributed by atoms with Crippen LogP contribution >= 0.6 is 15.9 Å². The molecule has 0 aliphatic carbocycles. The van der Waals surface area contributed by atoms with Crippen molar-refractivity contribution in [2.24, 2.45) is 11.7 Å². The molecule has 10 heteroatoms. The average Bonchev–Trinajstić information content (AvgIpc) is 3.17. The number of nitrogens with zero attached hydrogens (tertiary/aromatic N) is 2. The van der Waals surface area contributed by atoms with Crippen LogP contribution in [0.1, 0.15) is 50.6 Å². The van der Waals surface area contributed by atoms with Crippen molar-refractivity contribution in [1.82, 2.24) is 14.3 Å². The Morgan fingerprint density at radius 3 is 2.56 bits per heavy atom. The third-order valence-electron chi connectivity index (χ3n) is 6.43. The minimum absolute atomic E-state index is 0.0338. The highest BCUT2D eigenvalue weighted by Crippen LogP contribution is 2.30. The first kappa shape index (κ1) is 26.8. The highest BCUT2D eigenvalue weighted by atomic mass is 79.9. The summed E-state index contributed by atoms with van der Waals surface area (Å²) in [5.41, 5.74) is 8.51. The molecule has 8 nitrogen and oxygen atoms in total. The zero-order valence-electron chi connectivity index (χ0n) is 20.9. The molecule has 1 aliphatic heterocycles. The SMILES string of the molecule is CC(C)(C)c1nc2cc(CNS(=O)(=O)c3ccc(CC(N)=O)c(Br)c3)ccc2n1CC1CCOCC1. The van der Waals surface area contributed by atoms with E-state index in [4.69, 9.17) is 15.5 Å². The molecule has 1 amide bonds. The molecule has 194 valence electrons. The Labute approximate surface area is 220 Å². The van der Waals surface area contributed by atoms with Gasteiger partial charge in [-0.1, -0.05) is 48.8 Å². The first-order chi connectivity index (χ1) is 16.9. The maximum Gasteiger partial charge on any atom is 0.240 e. The lowest BCUT2D eigenvalue weighted by molar-refractivity contribution is -0.117. The minimum atomic E-state index is -3.76. The smallest absolute Gasteiger partial charge is 0.240 e. The van der Waals surface area contributed by atoms with Crippen molar-refractivity contribution in [3.8, 4) is 0 Å². The Morgan fingerprint density at radius 1 is 1.19 bits per heavy atom. The van der Waals surface area contributed by atoms with Crippen LogP contribution in [0.2, 0.25) is 0 Å². The van der Waals surface area contributed by atoms with Gasteiger partial charge in [-0.15, -0.1) is 0 Å². The van der Waals surface area contributed by atoms with Crippen LogP contribution in [0.15, 0.2) is 45.8 Å². The van der Waals surface area contributed by atoms with Gasteiger partial charge in [-0.25, -0.2) is 18.1 Å². The number of rotatable bonds is 8. The van der Waals surface area contributed by atoms with Crippen LogP contribution in [0.5, 0.6) is 0 Å². The van der Waals surface area contributed by atoms with Crippen LogP contribution in [0.3, 0.4) is 0 Å². The summed E-state index contributed by atoms with van der Waals surface area (Å²) in [5, 5.41) is 0. The maximum atomic E-state index is 12.9. The standard InChI is InChI=1S/C26H33BrN4O4S/c1-26(2,3)25-30-22-12-18(4-7-23(22)31(25)16-17-8-10-35-11-9-17)15-29-36(33,34)20-6-5-19(13-24(28)32)21(27)14-20/h4-7,12,14,17,29H,8-11,13,15-16H2,1-3H3,(H2,28,32). The predicted molar refractivity (Wildman–Crippen MR) is 143 cm³/mol. The van der Waals surface area contributed by atoms with Crippen molar-refractivity contribution in [2.45, 2.75) is 63.4 Å². The molecule has 1 fully saturated rings. The molecule has 0 unspecified atom stereocenters. The molecule has 36 heavy (non-hydrogen) atoms. The monoisotopic (exact) mass is 576 g/mol. The van der Waals surface area contributed by atoms with E-state index in [0.29, 0.717) is 16.0 Å². The van der Waals surface area contributed by atoms with Gasteiger partial charge in [0.05, 0.1) is 22.3 Å².